The van der Waals surface area contributed by atoms with Crippen LogP contribution in [0, 0.1) is 0 Å². The Morgan fingerprint density at radius 1 is 0.800 bits per heavy atom. The topological polar surface area (TPSA) is 217 Å². The molecule has 3 aromatic rings. The van der Waals surface area contributed by atoms with Gasteiger partial charge in [-0.25, -0.2) is 21.5 Å². The predicted octanol–water partition coefficient (Wildman–Crippen LogP) is -9.62. The van der Waals surface area contributed by atoms with Crippen LogP contribution in [-0.2, 0) is 20.2 Å². The van der Waals surface area contributed by atoms with Crippen LogP contribution in [-0.4, -0.2) is 59.1 Å². The van der Waals surface area contributed by atoms with Crippen LogP contribution in [0.5, 0.6) is 0 Å². The Morgan fingerprint density at radius 3 is 1.63 bits per heavy atom. The monoisotopic (exact) mass is 561 g/mol. The summed E-state index contributed by atoms with van der Waals surface area (Å²) in [5.41, 5.74) is -2.39. The van der Waals surface area contributed by atoms with Gasteiger partial charge in [0.25, 0.3) is 5.56 Å². The molecule has 19 heteroatoms. The van der Waals surface area contributed by atoms with Crippen molar-refractivity contribution in [3.05, 3.63) is 64.6 Å². The van der Waals surface area contributed by atoms with Crippen molar-refractivity contribution < 1.29 is 125 Å². The van der Waals surface area contributed by atoms with E-state index in [0.29, 0.717) is 4.68 Å². The quantitative estimate of drug-likeness (QED) is 0.171. The molecule has 0 aliphatic carbocycles. The summed E-state index contributed by atoms with van der Waals surface area (Å²) >= 11 is 0. The zero-order chi connectivity index (χ0) is 23.0. The molecule has 0 bridgehead atoms. The molecule has 0 unspecified atom stereocenters. The van der Waals surface area contributed by atoms with Gasteiger partial charge in [-0.3, -0.25) is 9.89 Å². The molecule has 1 heterocycles. The Balaban J connectivity index is 0. The Bertz CT molecular complexity index is 1470. The number of hydrogen-bond donors (Lipinski definition) is 1. The molecule has 1 N–H and O–H groups in total. The fourth-order valence-electron chi connectivity index (χ4n) is 2.39. The second-order valence-corrected chi connectivity index (χ2v) is 8.62. The van der Waals surface area contributed by atoms with Gasteiger partial charge in [-0.05, 0) is 48.5 Å². The van der Waals surface area contributed by atoms with Gasteiger partial charge in [0, 0.05) is 0 Å². The molecule has 0 spiro atoms. The van der Waals surface area contributed by atoms with Gasteiger partial charge in [0.2, 0.25) is 0 Å². The Kier molecular flexibility index (Phi) is 15.6. The number of hydrogen-bond acceptors (Lipinski definition) is 11. The van der Waals surface area contributed by atoms with E-state index in [9.17, 15) is 40.6 Å². The summed E-state index contributed by atoms with van der Waals surface area (Å²) in [6, 6.07) is 8.16. The summed E-state index contributed by atoms with van der Waals surface area (Å²) in [6.45, 7) is 0. The summed E-state index contributed by atoms with van der Waals surface area (Å²) in [6.07, 6.45) is 0. The molecule has 0 saturated carbocycles. The average molecular weight is 561 g/mol. The first kappa shape index (κ1) is 37.0. The van der Waals surface area contributed by atoms with Crippen molar-refractivity contribution in [2.24, 2.45) is 10.2 Å². The van der Waals surface area contributed by atoms with Crippen LogP contribution >= 0.6 is 0 Å². The van der Waals surface area contributed by atoms with Crippen LogP contribution in [0.1, 0.15) is 10.5 Å². The first-order valence-electron chi connectivity index (χ1n) is 7.98. The maximum Gasteiger partial charge on any atom is 3.00 e. The van der Waals surface area contributed by atoms with Crippen LogP contribution < -0.4 is 99.3 Å². The summed E-state index contributed by atoms with van der Waals surface area (Å²) in [4.78, 5) is 22.8. The second kappa shape index (κ2) is 14.7. The van der Waals surface area contributed by atoms with Gasteiger partial charge < -0.3 is 19.0 Å². The molecule has 162 valence electrons. The molecule has 0 radical (unpaired) electrons. The number of carbonyl (C=O) groups is 1. The minimum absolute atomic E-state index is 0. The number of carboxylic acid groups (broad SMARTS) is 1. The standard InChI is InChI=1S/C16H12N4O9S2.Al.3Na/c21-15-13(18-17-9-1-5-11(6-2-9)30(24,25)26)14(16(22)23)19-20(15)10-3-7-12(8-4-10)31(27,28)29;;;;/h1-8,19H,(H,22,23)(H,24,25,26)(H,27,28,29);;;;/q;+3;3*+1/p-3. The minimum atomic E-state index is -4.72. The maximum atomic E-state index is 12.6. The van der Waals surface area contributed by atoms with Gasteiger partial charge in [-0.15, -0.1) is 5.11 Å². The van der Waals surface area contributed by atoms with Crippen molar-refractivity contribution >= 4 is 54.9 Å². The number of nitrogens with zero attached hydrogens (tertiary/aromatic N) is 3. The molecule has 1 aromatic heterocycles. The molecular formula is C16H9AlN4Na3O9S2+3. The molecule has 0 atom stereocenters. The molecule has 35 heavy (non-hydrogen) atoms. The van der Waals surface area contributed by atoms with Gasteiger partial charge in [0.05, 0.1) is 27.1 Å². The molecule has 0 fully saturated rings. The molecular weight excluding hydrogens is 552 g/mol. The van der Waals surface area contributed by atoms with E-state index in [1.54, 1.807) is 0 Å². The van der Waals surface area contributed by atoms with Gasteiger partial charge >= 0.3 is 106 Å². The third kappa shape index (κ3) is 9.29. The normalized spacial score (nSPS) is 10.9. The molecule has 0 saturated heterocycles. The fourth-order valence-corrected chi connectivity index (χ4v) is 3.33. The summed E-state index contributed by atoms with van der Waals surface area (Å²) < 4.78 is 66.5. The van der Waals surface area contributed by atoms with Crippen LogP contribution in [0.15, 0.2) is 73.3 Å². The van der Waals surface area contributed by atoms with Gasteiger partial charge in [0.15, 0.2) is 5.69 Å². The SMILES string of the molecule is O=C([O-])c1[nH]n(-c2ccc(S(=O)(=O)[O-])cc2)c(=O)c1N=Nc1ccc(S(=O)(=O)[O-])cc1.[Al+3].[Na+].[Na+].[Na+]. The predicted molar refractivity (Wildman–Crippen MR) is 103 cm³/mol. The number of benzene rings is 2. The average Bonchev–Trinajstić information content (AvgIpc) is 3.02. The zero-order valence-electron chi connectivity index (χ0n) is 18.5. The molecule has 2 aromatic carbocycles. The van der Waals surface area contributed by atoms with E-state index < -0.39 is 52.9 Å². The van der Waals surface area contributed by atoms with E-state index in [4.69, 9.17) is 0 Å². The van der Waals surface area contributed by atoms with E-state index in [-0.39, 0.29) is 117 Å². The van der Waals surface area contributed by atoms with E-state index in [1.165, 1.54) is 0 Å². The van der Waals surface area contributed by atoms with Crippen molar-refractivity contribution in [2.75, 3.05) is 0 Å². The molecule has 0 amide bonds. The third-order valence-corrected chi connectivity index (χ3v) is 5.54. The summed E-state index contributed by atoms with van der Waals surface area (Å²) in [5, 5.41) is 20.8. The first-order chi connectivity index (χ1) is 14.4. The maximum absolute atomic E-state index is 12.6. The fraction of sp³-hybridized carbons (Fsp3) is 0. The third-order valence-electron chi connectivity index (χ3n) is 3.84. The number of carboxylic acids is 1. The van der Waals surface area contributed by atoms with E-state index in [1.807, 2.05) is 0 Å². The number of rotatable bonds is 6. The van der Waals surface area contributed by atoms with Crippen molar-refractivity contribution in [1.29, 1.82) is 0 Å². The van der Waals surface area contributed by atoms with Crippen LogP contribution in [0.3, 0.4) is 0 Å². The largest absolute Gasteiger partial charge is 3.00 e. The van der Waals surface area contributed by atoms with Crippen molar-refractivity contribution in [2.45, 2.75) is 9.79 Å². The zero-order valence-corrected chi connectivity index (χ0v) is 27.3. The van der Waals surface area contributed by atoms with E-state index in [2.05, 4.69) is 15.3 Å². The second-order valence-electron chi connectivity index (χ2n) is 5.86. The van der Waals surface area contributed by atoms with Gasteiger partial charge in [-0.1, -0.05) is 0 Å². The number of aromatic nitrogens is 2. The molecule has 0 aliphatic heterocycles. The Hall–Kier alpha value is -0.128. The van der Waals surface area contributed by atoms with Crippen LogP contribution in [0.25, 0.3) is 5.69 Å². The van der Waals surface area contributed by atoms with Crippen molar-refractivity contribution in [1.82, 2.24) is 9.78 Å². The van der Waals surface area contributed by atoms with Crippen molar-refractivity contribution in [3.8, 4) is 5.69 Å². The number of carbonyl (C=O) groups excluding carboxylic acids is 1. The van der Waals surface area contributed by atoms with Crippen molar-refractivity contribution in [3.63, 3.8) is 0 Å². The smallest absolute Gasteiger partial charge is 0.744 e. The molecule has 0 aliphatic rings. The Labute approximate surface area is 275 Å². The van der Waals surface area contributed by atoms with Crippen LogP contribution in [0.2, 0.25) is 0 Å². The number of azo groups is 1. The van der Waals surface area contributed by atoms with E-state index >= 15 is 0 Å². The Morgan fingerprint density at radius 2 is 1.23 bits per heavy atom. The molecule has 3 rings (SSSR count). The number of aromatic amines is 1. The first-order valence-corrected chi connectivity index (χ1v) is 10.8. The van der Waals surface area contributed by atoms with Gasteiger partial charge in [-0.2, -0.15) is 5.11 Å². The molecule has 13 nitrogen and oxygen atoms in total. The number of H-pyrrole nitrogens is 1. The number of nitrogens with one attached hydrogen (secondary N) is 1. The minimum Gasteiger partial charge on any atom is -0.744 e. The van der Waals surface area contributed by atoms with Crippen LogP contribution in [0.4, 0.5) is 11.4 Å². The summed E-state index contributed by atoms with van der Waals surface area (Å²) in [5.74, 6) is -1.80. The van der Waals surface area contributed by atoms with E-state index in [0.717, 1.165) is 48.5 Å². The summed E-state index contributed by atoms with van der Waals surface area (Å²) in [7, 11) is -9.40. The number of aromatic carboxylic acids is 1. The van der Waals surface area contributed by atoms with Gasteiger partial charge in [0.1, 0.15) is 25.9 Å².